The Balaban J connectivity index is 2.97. The van der Waals surface area contributed by atoms with Gasteiger partial charge in [0, 0.05) is 6.54 Å². The van der Waals surface area contributed by atoms with Crippen molar-refractivity contribution in [3.63, 3.8) is 0 Å². The molecule has 2 unspecified atom stereocenters. The highest BCUT2D eigenvalue weighted by molar-refractivity contribution is 7.96. The van der Waals surface area contributed by atoms with Crippen molar-refractivity contribution in [3.05, 3.63) is 11.5 Å². The first-order valence-electron chi connectivity index (χ1n) is 5.93. The second-order valence-corrected chi connectivity index (χ2v) is 6.34. The first-order chi connectivity index (χ1) is 8.82. The monoisotopic (exact) mass is 292 g/mol. The largest absolute Gasteiger partial charge is 0.462 e. The van der Waals surface area contributed by atoms with Crippen LogP contribution < -0.4 is 5.32 Å². The van der Waals surface area contributed by atoms with Crippen LogP contribution in [0.1, 0.15) is 6.92 Å². The van der Waals surface area contributed by atoms with Crippen molar-refractivity contribution < 1.29 is 22.7 Å². The summed E-state index contributed by atoms with van der Waals surface area (Å²) in [5.74, 6) is -0.936. The number of morpholine rings is 1. The number of carbonyl (C=O) groups excluding carboxylic acids is 1. The summed E-state index contributed by atoms with van der Waals surface area (Å²) in [5.41, 5.74) is -1.17. The van der Waals surface area contributed by atoms with Gasteiger partial charge in [-0.3, -0.25) is 10.2 Å². The van der Waals surface area contributed by atoms with Gasteiger partial charge in [-0.15, -0.1) is 0 Å². The molecule has 2 atom stereocenters. The molecule has 0 radical (unpaired) electrons. The lowest BCUT2D eigenvalue weighted by atomic mass is 10.4. The summed E-state index contributed by atoms with van der Waals surface area (Å²) < 4.78 is 34.6. The standard InChI is InChI=1S/C11H20N2O5S/c1-5-17-10(14)8(2)19(15,16)11-9(13(3)4)12-6-7-18-11/h9,11-12H,2,5-7H2,1,3-4H3. The molecule has 1 heterocycles. The van der Waals surface area contributed by atoms with Crippen molar-refractivity contribution in [1.29, 1.82) is 0 Å². The zero-order chi connectivity index (χ0) is 14.6. The predicted molar refractivity (Wildman–Crippen MR) is 69.9 cm³/mol. The van der Waals surface area contributed by atoms with Gasteiger partial charge in [0.25, 0.3) is 0 Å². The fourth-order valence-corrected chi connectivity index (χ4v) is 3.25. The minimum Gasteiger partial charge on any atom is -0.462 e. The fourth-order valence-electron chi connectivity index (χ4n) is 1.72. The van der Waals surface area contributed by atoms with Gasteiger partial charge in [-0.1, -0.05) is 6.58 Å². The molecule has 1 fully saturated rings. The molecule has 1 aliphatic rings. The van der Waals surface area contributed by atoms with Gasteiger partial charge in [0.15, 0.2) is 5.44 Å². The number of carbonyl (C=O) groups is 1. The Hall–Kier alpha value is -0.960. The molecule has 0 spiro atoms. The van der Waals surface area contributed by atoms with Gasteiger partial charge in [0.2, 0.25) is 9.84 Å². The van der Waals surface area contributed by atoms with Gasteiger partial charge in [0.1, 0.15) is 11.1 Å². The van der Waals surface area contributed by atoms with E-state index in [4.69, 9.17) is 4.74 Å². The lowest BCUT2D eigenvalue weighted by Gasteiger charge is -2.36. The minimum atomic E-state index is -3.97. The predicted octanol–water partition coefficient (Wildman–Crippen LogP) is -0.688. The molecular weight excluding hydrogens is 272 g/mol. The van der Waals surface area contributed by atoms with Crippen LogP contribution in [0.15, 0.2) is 11.5 Å². The Kier molecular flexibility index (Phi) is 5.48. The second kappa shape index (κ2) is 6.47. The van der Waals surface area contributed by atoms with Crippen LogP contribution in [0.25, 0.3) is 0 Å². The molecule has 0 aromatic rings. The Morgan fingerprint density at radius 1 is 1.53 bits per heavy atom. The summed E-state index contributed by atoms with van der Waals surface area (Å²) in [6.07, 6.45) is -0.537. The molecule has 110 valence electrons. The summed E-state index contributed by atoms with van der Waals surface area (Å²) >= 11 is 0. The molecular formula is C11H20N2O5S. The van der Waals surface area contributed by atoms with Crippen molar-refractivity contribution in [3.8, 4) is 0 Å². The Labute approximate surface area is 113 Å². The van der Waals surface area contributed by atoms with Crippen molar-refractivity contribution in [2.24, 2.45) is 0 Å². The topological polar surface area (TPSA) is 84.9 Å². The van der Waals surface area contributed by atoms with Gasteiger partial charge in [-0.2, -0.15) is 0 Å². The minimum absolute atomic E-state index is 0.0915. The average molecular weight is 292 g/mol. The Bertz CT molecular complexity index is 446. The van der Waals surface area contributed by atoms with Gasteiger partial charge in [0.05, 0.1) is 13.2 Å². The number of hydrogen-bond donors (Lipinski definition) is 1. The van der Waals surface area contributed by atoms with E-state index in [2.05, 4.69) is 16.6 Å². The number of nitrogens with one attached hydrogen (secondary N) is 1. The third-order valence-corrected chi connectivity index (χ3v) is 4.56. The third kappa shape index (κ3) is 3.53. The van der Waals surface area contributed by atoms with E-state index in [0.29, 0.717) is 6.54 Å². The number of esters is 1. The molecule has 1 N–H and O–H groups in total. The van der Waals surface area contributed by atoms with Crippen LogP contribution in [0, 0.1) is 0 Å². The number of nitrogens with zero attached hydrogens (tertiary/aromatic N) is 1. The van der Waals surface area contributed by atoms with E-state index in [9.17, 15) is 13.2 Å². The summed E-state index contributed by atoms with van der Waals surface area (Å²) in [4.78, 5) is 12.6. The molecule has 7 nitrogen and oxygen atoms in total. The van der Waals surface area contributed by atoms with Crippen molar-refractivity contribution >= 4 is 15.8 Å². The van der Waals surface area contributed by atoms with Gasteiger partial charge < -0.3 is 9.47 Å². The van der Waals surface area contributed by atoms with Crippen LogP contribution in [-0.4, -0.2) is 64.7 Å². The molecule has 0 aliphatic carbocycles. The molecule has 8 heteroatoms. The third-order valence-electron chi connectivity index (χ3n) is 2.70. The van der Waals surface area contributed by atoms with Gasteiger partial charge >= 0.3 is 5.97 Å². The lowest BCUT2D eigenvalue weighted by molar-refractivity contribution is -0.137. The highest BCUT2D eigenvalue weighted by Crippen LogP contribution is 2.21. The normalized spacial score (nSPS) is 24.2. The molecule has 1 saturated heterocycles. The van der Waals surface area contributed by atoms with E-state index in [0.717, 1.165) is 0 Å². The SMILES string of the molecule is C=C(C(=O)OCC)S(=O)(=O)C1OCCNC1N(C)C. The number of hydrogen-bond acceptors (Lipinski definition) is 7. The molecule has 0 aromatic carbocycles. The molecule has 0 amide bonds. The van der Waals surface area contributed by atoms with E-state index in [-0.39, 0.29) is 13.2 Å². The second-order valence-electron chi connectivity index (χ2n) is 4.29. The Morgan fingerprint density at radius 2 is 2.16 bits per heavy atom. The molecule has 1 aliphatic heterocycles. The van der Waals surface area contributed by atoms with Crippen LogP contribution in [0.2, 0.25) is 0 Å². The van der Waals surface area contributed by atoms with Crippen molar-refractivity contribution in [2.45, 2.75) is 18.5 Å². The average Bonchev–Trinajstić information content (AvgIpc) is 2.38. The lowest BCUT2D eigenvalue weighted by Crippen LogP contribution is -2.58. The first-order valence-corrected chi connectivity index (χ1v) is 7.48. The summed E-state index contributed by atoms with van der Waals surface area (Å²) in [7, 11) is -0.525. The molecule has 0 bridgehead atoms. The maximum atomic E-state index is 12.3. The van der Waals surface area contributed by atoms with Crippen molar-refractivity contribution in [2.75, 3.05) is 33.9 Å². The quantitative estimate of drug-likeness (QED) is 0.530. The first kappa shape index (κ1) is 16.1. The zero-order valence-corrected chi connectivity index (χ0v) is 12.2. The van der Waals surface area contributed by atoms with Gasteiger partial charge in [-0.25, -0.2) is 13.2 Å². The summed E-state index contributed by atoms with van der Waals surface area (Å²) in [5, 5.41) is 3.03. The maximum absolute atomic E-state index is 12.3. The van der Waals surface area contributed by atoms with Crippen LogP contribution >= 0.6 is 0 Å². The molecule has 19 heavy (non-hydrogen) atoms. The van der Waals surface area contributed by atoms with Gasteiger partial charge in [-0.05, 0) is 21.0 Å². The summed E-state index contributed by atoms with van der Waals surface area (Å²) in [6, 6.07) is 0. The van der Waals surface area contributed by atoms with E-state index >= 15 is 0 Å². The van der Waals surface area contributed by atoms with Crippen LogP contribution in [-0.2, 0) is 24.1 Å². The number of likely N-dealkylation sites (N-methyl/N-ethyl adjacent to an activating group) is 1. The fraction of sp³-hybridized carbons (Fsp3) is 0.727. The molecule has 0 saturated carbocycles. The highest BCUT2D eigenvalue weighted by atomic mass is 32.2. The van der Waals surface area contributed by atoms with Crippen LogP contribution in [0.3, 0.4) is 0 Å². The molecule has 1 rings (SSSR count). The van der Waals surface area contributed by atoms with Crippen LogP contribution in [0.4, 0.5) is 0 Å². The number of sulfone groups is 1. The molecule has 0 aromatic heterocycles. The number of ether oxygens (including phenoxy) is 2. The zero-order valence-electron chi connectivity index (χ0n) is 11.4. The number of rotatable bonds is 5. The Morgan fingerprint density at radius 3 is 2.68 bits per heavy atom. The summed E-state index contributed by atoms with van der Waals surface area (Å²) in [6.45, 7) is 5.81. The highest BCUT2D eigenvalue weighted by Gasteiger charge is 2.41. The van der Waals surface area contributed by atoms with E-state index < -0.39 is 32.3 Å². The van der Waals surface area contributed by atoms with E-state index in [1.54, 1.807) is 25.9 Å². The maximum Gasteiger partial charge on any atom is 0.349 e. The van der Waals surface area contributed by atoms with E-state index in [1.807, 2.05) is 0 Å². The van der Waals surface area contributed by atoms with E-state index in [1.165, 1.54) is 0 Å². The smallest absolute Gasteiger partial charge is 0.349 e. The van der Waals surface area contributed by atoms with Crippen molar-refractivity contribution in [1.82, 2.24) is 10.2 Å². The van der Waals surface area contributed by atoms with Crippen LogP contribution in [0.5, 0.6) is 0 Å².